The lowest BCUT2D eigenvalue weighted by atomic mass is 10.1. The number of nitrogens with zero attached hydrogens (tertiary/aromatic N) is 2. The number of nitrogens with one attached hydrogen (secondary N) is 1. The van der Waals surface area contributed by atoms with Crippen molar-refractivity contribution >= 4 is 23.0 Å². The molecule has 0 atom stereocenters. The highest BCUT2D eigenvalue weighted by Crippen LogP contribution is 2.29. The molecule has 1 fully saturated rings. The maximum Gasteiger partial charge on any atom is 0.228 e. The summed E-state index contributed by atoms with van der Waals surface area (Å²) < 4.78 is 0. The van der Waals surface area contributed by atoms with Crippen molar-refractivity contribution in [3.05, 3.63) is 54.1 Å². The van der Waals surface area contributed by atoms with Gasteiger partial charge in [-0.05, 0) is 30.3 Å². The van der Waals surface area contributed by atoms with Crippen LogP contribution in [0.2, 0.25) is 0 Å². The molecule has 5 heteroatoms. The van der Waals surface area contributed by atoms with Crippen LogP contribution in [-0.2, 0) is 11.2 Å². The molecule has 0 saturated carbocycles. The van der Waals surface area contributed by atoms with Crippen molar-refractivity contribution in [2.75, 3.05) is 48.7 Å². The predicted octanol–water partition coefficient (Wildman–Crippen LogP) is 2.59. The van der Waals surface area contributed by atoms with Crippen LogP contribution in [0.3, 0.4) is 0 Å². The van der Waals surface area contributed by atoms with E-state index in [4.69, 9.17) is 5.73 Å². The molecule has 1 aliphatic heterocycles. The van der Waals surface area contributed by atoms with Crippen LogP contribution in [0.4, 0.5) is 17.1 Å². The van der Waals surface area contributed by atoms with Crippen LogP contribution in [0, 0.1) is 0 Å². The second-order valence-electron chi connectivity index (χ2n) is 6.41. The summed E-state index contributed by atoms with van der Waals surface area (Å²) in [4.78, 5) is 17.2. The fourth-order valence-electron chi connectivity index (χ4n) is 3.21. The molecule has 2 aromatic rings. The predicted molar refractivity (Wildman–Crippen MR) is 104 cm³/mol. The summed E-state index contributed by atoms with van der Waals surface area (Å²) in [6.45, 7) is 7.26. The summed E-state index contributed by atoms with van der Waals surface area (Å²) in [5.74, 6) is -0.0229. The standard InChI is InChI=1S/C20H26N4O/c1-2-23-10-12-24(13-11-23)19-9-8-17(21)15-18(19)22-20(25)14-16-6-4-3-5-7-16/h3-9,15H,2,10-14,21H2,1H3,(H,22,25). The highest BCUT2D eigenvalue weighted by molar-refractivity contribution is 5.96. The molecule has 25 heavy (non-hydrogen) atoms. The van der Waals surface area contributed by atoms with Crippen molar-refractivity contribution in [1.29, 1.82) is 0 Å². The van der Waals surface area contributed by atoms with Crippen LogP contribution in [-0.4, -0.2) is 43.5 Å². The number of nitrogens with two attached hydrogens (primary N) is 1. The molecule has 0 unspecified atom stereocenters. The molecular weight excluding hydrogens is 312 g/mol. The molecule has 0 aromatic heterocycles. The van der Waals surface area contributed by atoms with Gasteiger partial charge in [0.2, 0.25) is 5.91 Å². The van der Waals surface area contributed by atoms with Gasteiger partial charge in [-0.1, -0.05) is 37.3 Å². The lowest BCUT2D eigenvalue weighted by molar-refractivity contribution is -0.115. The molecule has 0 bridgehead atoms. The number of hydrogen-bond donors (Lipinski definition) is 2. The molecule has 5 nitrogen and oxygen atoms in total. The first-order valence-electron chi connectivity index (χ1n) is 8.86. The number of rotatable bonds is 5. The Morgan fingerprint density at radius 3 is 2.48 bits per heavy atom. The van der Waals surface area contributed by atoms with Crippen molar-refractivity contribution in [2.45, 2.75) is 13.3 Å². The van der Waals surface area contributed by atoms with E-state index in [1.165, 1.54) is 0 Å². The van der Waals surface area contributed by atoms with Crippen molar-refractivity contribution in [1.82, 2.24) is 4.90 Å². The zero-order valence-corrected chi connectivity index (χ0v) is 14.7. The van der Waals surface area contributed by atoms with Crippen molar-refractivity contribution in [3.63, 3.8) is 0 Å². The van der Waals surface area contributed by atoms with Crippen LogP contribution >= 0.6 is 0 Å². The zero-order chi connectivity index (χ0) is 17.6. The minimum absolute atomic E-state index is 0.0229. The average Bonchev–Trinajstić information content (AvgIpc) is 2.63. The van der Waals surface area contributed by atoms with E-state index in [0.717, 1.165) is 49.7 Å². The maximum absolute atomic E-state index is 12.4. The highest BCUT2D eigenvalue weighted by Gasteiger charge is 2.19. The Hall–Kier alpha value is -2.53. The lowest BCUT2D eigenvalue weighted by Crippen LogP contribution is -2.46. The molecule has 3 rings (SSSR count). The largest absolute Gasteiger partial charge is 0.399 e. The van der Waals surface area contributed by atoms with Crippen LogP contribution in [0.1, 0.15) is 12.5 Å². The molecule has 0 aliphatic carbocycles. The first kappa shape index (κ1) is 17.3. The fourth-order valence-corrected chi connectivity index (χ4v) is 3.21. The van der Waals surface area contributed by atoms with Crippen LogP contribution in [0.15, 0.2) is 48.5 Å². The normalized spacial score (nSPS) is 15.2. The Kier molecular flexibility index (Phi) is 5.56. The van der Waals surface area contributed by atoms with Crippen LogP contribution < -0.4 is 16.0 Å². The second kappa shape index (κ2) is 8.03. The molecule has 2 aromatic carbocycles. The number of likely N-dealkylation sites (N-methyl/N-ethyl adjacent to an activating group) is 1. The third-order valence-corrected chi connectivity index (χ3v) is 4.66. The first-order chi connectivity index (χ1) is 12.2. The Morgan fingerprint density at radius 1 is 1.08 bits per heavy atom. The lowest BCUT2D eigenvalue weighted by Gasteiger charge is -2.36. The molecule has 1 aliphatic rings. The Labute approximate surface area is 149 Å². The smallest absolute Gasteiger partial charge is 0.228 e. The molecule has 0 radical (unpaired) electrons. The van der Waals surface area contributed by atoms with E-state index in [0.29, 0.717) is 12.1 Å². The van der Waals surface area contributed by atoms with Gasteiger partial charge in [-0.3, -0.25) is 4.79 Å². The molecule has 1 heterocycles. The van der Waals surface area contributed by atoms with Crippen LogP contribution in [0.5, 0.6) is 0 Å². The Morgan fingerprint density at radius 2 is 1.80 bits per heavy atom. The third kappa shape index (κ3) is 4.51. The van der Waals surface area contributed by atoms with Gasteiger partial charge >= 0.3 is 0 Å². The van der Waals surface area contributed by atoms with Gasteiger partial charge in [0.05, 0.1) is 17.8 Å². The van der Waals surface area contributed by atoms with E-state index in [2.05, 4.69) is 22.0 Å². The molecular formula is C20H26N4O. The number of nitrogen functional groups attached to an aromatic ring is 1. The van der Waals surface area contributed by atoms with Gasteiger partial charge in [0.1, 0.15) is 0 Å². The number of hydrogen-bond acceptors (Lipinski definition) is 4. The van der Waals surface area contributed by atoms with Gasteiger partial charge in [0.15, 0.2) is 0 Å². The quantitative estimate of drug-likeness (QED) is 0.823. The Bertz CT molecular complexity index is 709. The molecule has 0 spiro atoms. The minimum Gasteiger partial charge on any atom is -0.399 e. The highest BCUT2D eigenvalue weighted by atomic mass is 16.1. The average molecular weight is 338 g/mol. The molecule has 132 valence electrons. The Balaban J connectivity index is 1.72. The van der Waals surface area contributed by atoms with Gasteiger partial charge < -0.3 is 20.9 Å². The van der Waals surface area contributed by atoms with E-state index in [9.17, 15) is 4.79 Å². The van der Waals surface area contributed by atoms with E-state index in [1.807, 2.05) is 48.5 Å². The fraction of sp³-hybridized carbons (Fsp3) is 0.350. The molecule has 1 amide bonds. The van der Waals surface area contributed by atoms with Crippen molar-refractivity contribution < 1.29 is 4.79 Å². The summed E-state index contributed by atoms with van der Waals surface area (Å²) >= 11 is 0. The van der Waals surface area contributed by atoms with Gasteiger partial charge in [0.25, 0.3) is 0 Å². The van der Waals surface area contributed by atoms with Gasteiger partial charge in [-0.25, -0.2) is 0 Å². The summed E-state index contributed by atoms with van der Waals surface area (Å²) in [7, 11) is 0. The van der Waals surface area contributed by atoms with E-state index in [1.54, 1.807) is 0 Å². The van der Waals surface area contributed by atoms with Gasteiger partial charge in [0, 0.05) is 31.9 Å². The molecule has 1 saturated heterocycles. The topological polar surface area (TPSA) is 61.6 Å². The number of amides is 1. The summed E-state index contributed by atoms with van der Waals surface area (Å²) in [6, 6.07) is 15.5. The number of piperazine rings is 1. The monoisotopic (exact) mass is 338 g/mol. The summed E-state index contributed by atoms with van der Waals surface area (Å²) in [6.07, 6.45) is 0.360. The second-order valence-corrected chi connectivity index (χ2v) is 6.41. The van der Waals surface area contributed by atoms with E-state index >= 15 is 0 Å². The molecule has 3 N–H and O–H groups in total. The number of carbonyl (C=O) groups is 1. The number of carbonyl (C=O) groups excluding carboxylic acids is 1. The van der Waals surface area contributed by atoms with Crippen molar-refractivity contribution in [2.24, 2.45) is 0 Å². The van der Waals surface area contributed by atoms with E-state index in [-0.39, 0.29) is 5.91 Å². The SMILES string of the molecule is CCN1CCN(c2ccc(N)cc2NC(=O)Cc2ccccc2)CC1. The summed E-state index contributed by atoms with van der Waals surface area (Å²) in [5.41, 5.74) is 9.46. The van der Waals surface area contributed by atoms with Crippen LogP contribution in [0.25, 0.3) is 0 Å². The zero-order valence-electron chi connectivity index (χ0n) is 14.7. The maximum atomic E-state index is 12.4. The third-order valence-electron chi connectivity index (χ3n) is 4.66. The van der Waals surface area contributed by atoms with Gasteiger partial charge in [-0.2, -0.15) is 0 Å². The summed E-state index contributed by atoms with van der Waals surface area (Å²) in [5, 5.41) is 3.05. The minimum atomic E-state index is -0.0229. The number of benzene rings is 2. The van der Waals surface area contributed by atoms with E-state index < -0.39 is 0 Å². The van der Waals surface area contributed by atoms with Crippen molar-refractivity contribution in [3.8, 4) is 0 Å². The number of anilines is 3. The first-order valence-corrected chi connectivity index (χ1v) is 8.86. The van der Waals surface area contributed by atoms with Gasteiger partial charge in [-0.15, -0.1) is 0 Å².